The zero-order valence-corrected chi connectivity index (χ0v) is 18.5. The van der Waals surface area contributed by atoms with E-state index in [0.29, 0.717) is 26.6 Å². The van der Waals surface area contributed by atoms with E-state index in [1.54, 1.807) is 24.6 Å². The van der Waals surface area contributed by atoms with Gasteiger partial charge in [-0.25, -0.2) is 14.2 Å². The molecular formula is C20H21BrFN3O4S. The number of esters is 1. The molecule has 0 radical (unpaired) electrons. The number of aliphatic hydroxyl groups is 2. The van der Waals surface area contributed by atoms with Gasteiger partial charge >= 0.3 is 5.97 Å². The molecule has 1 aromatic heterocycles. The summed E-state index contributed by atoms with van der Waals surface area (Å²) in [5.41, 5.74) is 1.30. The molecule has 2 heterocycles. The first-order valence-electron chi connectivity index (χ1n) is 9.29. The number of amidine groups is 1. The minimum absolute atomic E-state index is 0.166. The summed E-state index contributed by atoms with van der Waals surface area (Å²) in [6, 6.07) is 3.38. The molecule has 0 fully saturated rings. The van der Waals surface area contributed by atoms with E-state index < -0.39 is 23.7 Å². The third-order valence-electron chi connectivity index (χ3n) is 4.52. The number of rotatable bonds is 8. The Bertz CT molecular complexity index is 961. The predicted molar refractivity (Wildman–Crippen MR) is 115 cm³/mol. The number of halogens is 2. The smallest absolute Gasteiger partial charge is 0.338 e. The van der Waals surface area contributed by atoms with Gasteiger partial charge in [0.15, 0.2) is 10.8 Å². The summed E-state index contributed by atoms with van der Waals surface area (Å²) >= 11 is 4.74. The van der Waals surface area contributed by atoms with E-state index in [1.165, 1.54) is 23.5 Å². The van der Waals surface area contributed by atoms with Crippen LogP contribution in [0.3, 0.4) is 0 Å². The molecule has 0 unspecified atom stereocenters. The van der Waals surface area contributed by atoms with Crippen LogP contribution in [0.15, 0.2) is 50.5 Å². The molecule has 3 rings (SSSR count). The van der Waals surface area contributed by atoms with Crippen molar-refractivity contribution in [2.75, 3.05) is 19.8 Å². The second-order valence-electron chi connectivity index (χ2n) is 6.56. The Morgan fingerprint density at radius 2 is 2.17 bits per heavy atom. The first-order chi connectivity index (χ1) is 14.5. The maximum absolute atomic E-state index is 13.7. The minimum atomic E-state index is -0.785. The second-order valence-corrected chi connectivity index (χ2v) is 8.31. The van der Waals surface area contributed by atoms with Gasteiger partial charge in [-0.05, 0) is 31.0 Å². The van der Waals surface area contributed by atoms with Gasteiger partial charge in [-0.15, -0.1) is 11.3 Å². The molecule has 1 aromatic carbocycles. The van der Waals surface area contributed by atoms with E-state index in [2.05, 4.69) is 26.2 Å². The highest BCUT2D eigenvalue weighted by Gasteiger charge is 2.34. The fraction of sp³-hybridized carbons (Fsp3) is 0.350. The standard InChI is InChI=1S/C20H21BrFN3O4S/c1-2-29-20(28)16-15(7-11(9-26)10-27)24-18(19-23-5-6-30-19)25-17(16)13-4-3-12(22)8-14(13)21/h3-6,8,11,17,26-27H,2,7,9-10H2,1H3,(H,24,25)/t17-/m0/s1. The Morgan fingerprint density at radius 3 is 2.77 bits per heavy atom. The number of hydrogen-bond donors (Lipinski definition) is 3. The number of nitrogens with one attached hydrogen (secondary N) is 1. The molecule has 0 saturated carbocycles. The molecule has 10 heteroatoms. The van der Waals surface area contributed by atoms with Gasteiger partial charge < -0.3 is 20.3 Å². The third kappa shape index (κ3) is 4.94. The average Bonchev–Trinajstić information content (AvgIpc) is 3.26. The summed E-state index contributed by atoms with van der Waals surface area (Å²) in [6.45, 7) is 1.35. The number of carbonyl (C=O) groups excluding carboxylic acids is 1. The number of aliphatic imine (C=N–C) groups is 1. The molecule has 0 saturated heterocycles. The van der Waals surface area contributed by atoms with E-state index in [1.807, 2.05) is 0 Å². The van der Waals surface area contributed by atoms with E-state index in [9.17, 15) is 19.4 Å². The van der Waals surface area contributed by atoms with Crippen LogP contribution in [0.2, 0.25) is 0 Å². The lowest BCUT2D eigenvalue weighted by Crippen LogP contribution is -2.35. The molecule has 7 nitrogen and oxygen atoms in total. The topological polar surface area (TPSA) is 104 Å². The van der Waals surface area contributed by atoms with Crippen molar-refractivity contribution in [2.24, 2.45) is 10.9 Å². The third-order valence-corrected chi connectivity index (χ3v) is 5.99. The van der Waals surface area contributed by atoms with Crippen molar-refractivity contribution < 1.29 is 24.1 Å². The summed E-state index contributed by atoms with van der Waals surface area (Å²) in [4.78, 5) is 21.9. The van der Waals surface area contributed by atoms with E-state index in [-0.39, 0.29) is 31.8 Å². The molecule has 0 amide bonds. The number of carbonyl (C=O) groups is 1. The quantitative estimate of drug-likeness (QED) is 0.484. The van der Waals surface area contributed by atoms with Gasteiger partial charge in [-0.2, -0.15) is 0 Å². The SMILES string of the molecule is CCOC(=O)C1=C(CC(CO)CO)NC(c2nccs2)=N[C@H]1c1ccc(F)cc1Br. The lowest BCUT2D eigenvalue weighted by atomic mass is 9.92. The van der Waals surface area contributed by atoms with E-state index in [0.717, 1.165) is 0 Å². The first kappa shape index (κ1) is 22.5. The Balaban J connectivity index is 2.17. The Kier molecular flexibility index (Phi) is 7.70. The number of aliphatic hydroxyl groups excluding tert-OH is 2. The van der Waals surface area contributed by atoms with Crippen LogP contribution in [-0.2, 0) is 9.53 Å². The highest BCUT2D eigenvalue weighted by molar-refractivity contribution is 9.10. The van der Waals surface area contributed by atoms with Crippen molar-refractivity contribution in [3.8, 4) is 0 Å². The molecule has 160 valence electrons. The number of hydrogen-bond acceptors (Lipinski definition) is 8. The van der Waals surface area contributed by atoms with Gasteiger partial charge in [-0.1, -0.05) is 22.0 Å². The average molecular weight is 498 g/mol. The van der Waals surface area contributed by atoms with Crippen LogP contribution < -0.4 is 5.32 Å². The van der Waals surface area contributed by atoms with Crippen molar-refractivity contribution in [2.45, 2.75) is 19.4 Å². The maximum atomic E-state index is 13.7. The van der Waals surface area contributed by atoms with Gasteiger partial charge in [0.2, 0.25) is 0 Å². The number of benzene rings is 1. The van der Waals surface area contributed by atoms with Gasteiger partial charge in [0.25, 0.3) is 0 Å². The van der Waals surface area contributed by atoms with Crippen LogP contribution in [0.5, 0.6) is 0 Å². The van der Waals surface area contributed by atoms with Gasteiger partial charge in [-0.3, -0.25) is 4.99 Å². The molecule has 0 spiro atoms. The zero-order valence-electron chi connectivity index (χ0n) is 16.1. The molecule has 30 heavy (non-hydrogen) atoms. The number of nitrogens with zero attached hydrogens (tertiary/aromatic N) is 2. The van der Waals surface area contributed by atoms with Crippen LogP contribution >= 0.6 is 27.3 Å². The first-order valence-corrected chi connectivity index (χ1v) is 11.0. The van der Waals surface area contributed by atoms with Crippen LogP contribution in [0.25, 0.3) is 0 Å². The molecule has 1 aliphatic heterocycles. The van der Waals surface area contributed by atoms with Crippen LogP contribution in [0.4, 0.5) is 4.39 Å². The number of thiazole rings is 1. The lowest BCUT2D eigenvalue weighted by Gasteiger charge is -2.29. The monoisotopic (exact) mass is 497 g/mol. The van der Waals surface area contributed by atoms with Crippen LogP contribution in [-0.4, -0.2) is 46.8 Å². The molecule has 1 atom stereocenters. The van der Waals surface area contributed by atoms with Gasteiger partial charge in [0.05, 0.1) is 12.2 Å². The molecule has 2 aromatic rings. The van der Waals surface area contributed by atoms with Gasteiger partial charge in [0.1, 0.15) is 11.9 Å². The van der Waals surface area contributed by atoms with Crippen LogP contribution in [0.1, 0.15) is 30.0 Å². The zero-order chi connectivity index (χ0) is 21.7. The fourth-order valence-electron chi connectivity index (χ4n) is 3.08. The number of allylic oxidation sites excluding steroid dienone is 1. The Labute approximate surface area is 185 Å². The normalized spacial score (nSPS) is 16.5. The number of aromatic nitrogens is 1. The largest absolute Gasteiger partial charge is 0.463 e. The highest BCUT2D eigenvalue weighted by Crippen LogP contribution is 2.38. The Hall–Kier alpha value is -2.14. The highest BCUT2D eigenvalue weighted by atomic mass is 79.9. The van der Waals surface area contributed by atoms with E-state index in [4.69, 9.17) is 9.73 Å². The summed E-state index contributed by atoms with van der Waals surface area (Å²) in [6.07, 6.45) is 1.84. The summed E-state index contributed by atoms with van der Waals surface area (Å²) in [5, 5.41) is 24.7. The van der Waals surface area contributed by atoms with Crippen molar-refractivity contribution in [1.82, 2.24) is 10.3 Å². The molecule has 1 aliphatic rings. The van der Waals surface area contributed by atoms with Gasteiger partial charge in [0, 0.05) is 40.9 Å². The molecular weight excluding hydrogens is 477 g/mol. The molecule has 0 bridgehead atoms. The Morgan fingerprint density at radius 1 is 1.40 bits per heavy atom. The van der Waals surface area contributed by atoms with Crippen LogP contribution in [0, 0.1) is 11.7 Å². The minimum Gasteiger partial charge on any atom is -0.463 e. The van der Waals surface area contributed by atoms with Crippen molar-refractivity contribution in [1.29, 1.82) is 0 Å². The summed E-state index contributed by atoms with van der Waals surface area (Å²) in [5.74, 6) is -1.03. The number of ether oxygens (including phenoxy) is 1. The van der Waals surface area contributed by atoms with Crippen molar-refractivity contribution in [3.63, 3.8) is 0 Å². The summed E-state index contributed by atoms with van der Waals surface area (Å²) < 4.78 is 19.4. The fourth-order valence-corrected chi connectivity index (χ4v) is 4.23. The predicted octanol–water partition coefficient (Wildman–Crippen LogP) is 2.94. The maximum Gasteiger partial charge on any atom is 0.338 e. The van der Waals surface area contributed by atoms with E-state index >= 15 is 0 Å². The summed E-state index contributed by atoms with van der Waals surface area (Å²) in [7, 11) is 0. The van der Waals surface area contributed by atoms with Crippen molar-refractivity contribution in [3.05, 3.63) is 61.9 Å². The van der Waals surface area contributed by atoms with Crippen molar-refractivity contribution >= 4 is 39.1 Å². The molecule has 3 N–H and O–H groups in total. The lowest BCUT2D eigenvalue weighted by molar-refractivity contribution is -0.139. The second kappa shape index (κ2) is 10.3. The molecule has 0 aliphatic carbocycles.